The molecule has 0 aliphatic heterocycles. The second-order valence-corrected chi connectivity index (χ2v) is 3.09. The first kappa shape index (κ1) is 10.3. The average Bonchev–Trinajstić information content (AvgIpc) is 1.93. The van der Waals surface area contributed by atoms with Crippen molar-refractivity contribution in [3.05, 3.63) is 18.1 Å². The van der Waals surface area contributed by atoms with E-state index in [0.29, 0.717) is 0 Å². The third-order valence-electron chi connectivity index (χ3n) is 1.94. The van der Waals surface area contributed by atoms with Crippen LogP contribution in [0.2, 0.25) is 0 Å². The number of allylic oxidation sites excluding steroid dienone is 1. The first-order valence-corrected chi connectivity index (χ1v) is 3.77. The van der Waals surface area contributed by atoms with Crippen molar-refractivity contribution in [3.63, 3.8) is 0 Å². The van der Waals surface area contributed by atoms with Crippen LogP contribution in [0, 0.1) is 5.92 Å². The Kier molecular flexibility index (Phi) is 5.22. The Morgan fingerprint density at radius 1 is 1.40 bits per heavy atom. The van der Waals surface area contributed by atoms with Crippen molar-refractivity contribution >= 4 is 0 Å². The van der Waals surface area contributed by atoms with Gasteiger partial charge in [-0.05, 0) is 6.42 Å². The molecule has 0 aromatic rings. The number of hydrogen-bond donors (Lipinski definition) is 0. The molecule has 0 saturated heterocycles. The van der Waals surface area contributed by atoms with Crippen LogP contribution in [0.3, 0.4) is 0 Å². The first-order chi connectivity index (χ1) is 4.29. The Morgan fingerprint density at radius 2 is 2.10 bits per heavy atom. The van der Waals surface area contributed by atoms with E-state index in [0.717, 1.165) is 0 Å². The Morgan fingerprint density at radius 3 is 2.80 bits per heavy atom. The molecule has 52 valence electrons. The van der Waals surface area contributed by atoms with Crippen LogP contribution in [0.25, 0.3) is 0 Å². The van der Waals surface area contributed by atoms with E-state index < -0.39 is 0 Å². The third-order valence-corrected chi connectivity index (χ3v) is 1.94. The summed E-state index contributed by atoms with van der Waals surface area (Å²) in [6, 6.07) is 0. The van der Waals surface area contributed by atoms with Crippen LogP contribution < -0.4 is 18.9 Å². The van der Waals surface area contributed by atoms with E-state index >= 15 is 0 Å². The van der Waals surface area contributed by atoms with Crippen LogP contribution in [-0.2, 0) is 0 Å². The molecule has 0 aromatic heterocycles. The van der Waals surface area contributed by atoms with E-state index in [1.54, 1.807) is 5.92 Å². The summed E-state index contributed by atoms with van der Waals surface area (Å²) < 4.78 is 0. The van der Waals surface area contributed by atoms with E-state index in [2.05, 4.69) is 13.5 Å². The van der Waals surface area contributed by atoms with Crippen molar-refractivity contribution in [2.45, 2.75) is 39.0 Å². The topological polar surface area (TPSA) is 0 Å². The predicted molar refractivity (Wildman–Crippen MR) is 41.1 cm³/mol. The van der Waals surface area contributed by atoms with Crippen molar-refractivity contribution in [1.29, 1.82) is 0 Å². The summed E-state index contributed by atoms with van der Waals surface area (Å²) in [4.78, 5) is 0. The Hall–Kier alpha value is 0.337. The molecule has 1 saturated carbocycles. The summed E-state index contributed by atoms with van der Waals surface area (Å²) in [5, 5.41) is 0. The zero-order chi connectivity index (χ0) is 6.69. The van der Waals surface area contributed by atoms with Gasteiger partial charge in [0.05, 0.1) is 0 Å². The van der Waals surface area contributed by atoms with Crippen molar-refractivity contribution in [1.82, 2.24) is 0 Å². The van der Waals surface area contributed by atoms with Crippen LogP contribution in [0.15, 0.2) is 12.2 Å². The molecule has 0 heterocycles. The molecule has 0 N–H and O–H groups in total. The second-order valence-electron chi connectivity index (χ2n) is 3.09. The maximum atomic E-state index is 4.00. The van der Waals surface area contributed by atoms with Crippen molar-refractivity contribution in [3.8, 4) is 0 Å². The van der Waals surface area contributed by atoms with Gasteiger partial charge in [-0.15, -0.1) is 12.2 Å². The number of rotatable bonds is 0. The van der Waals surface area contributed by atoms with Gasteiger partial charge in [0, 0.05) is 0 Å². The molecule has 0 atom stereocenters. The minimum absolute atomic E-state index is 0. The van der Waals surface area contributed by atoms with Crippen LogP contribution in [0.5, 0.6) is 0 Å². The molecule has 0 aromatic carbocycles. The quantitative estimate of drug-likeness (QED) is 0.189. The Labute approximate surface area is 76.3 Å². The molecule has 0 bridgehead atoms. The van der Waals surface area contributed by atoms with E-state index in [1.165, 1.54) is 37.7 Å². The van der Waals surface area contributed by atoms with Gasteiger partial charge in [0.15, 0.2) is 0 Å². The van der Waals surface area contributed by atoms with E-state index in [9.17, 15) is 0 Å². The largest absolute Gasteiger partial charge is 1.00 e. The molecule has 10 heavy (non-hydrogen) atoms. The average molecular weight is 130 g/mol. The van der Waals surface area contributed by atoms with Crippen LogP contribution in [0.1, 0.15) is 39.0 Å². The van der Waals surface area contributed by atoms with E-state index in [-0.39, 0.29) is 18.9 Å². The van der Waals surface area contributed by atoms with Gasteiger partial charge in [-0.2, -0.15) is 19.8 Å². The van der Waals surface area contributed by atoms with Crippen LogP contribution in [-0.4, -0.2) is 0 Å². The van der Waals surface area contributed by atoms with E-state index in [1.807, 2.05) is 0 Å². The summed E-state index contributed by atoms with van der Waals surface area (Å²) in [7, 11) is 0. The molecule has 0 amide bonds. The molecule has 1 heteroatoms. The maximum absolute atomic E-state index is 4.00. The fourth-order valence-corrected chi connectivity index (χ4v) is 1.41. The first-order valence-electron chi connectivity index (χ1n) is 3.77. The van der Waals surface area contributed by atoms with Gasteiger partial charge >= 0.3 is 18.9 Å². The summed E-state index contributed by atoms with van der Waals surface area (Å²) in [5.74, 6) is 1.62. The third kappa shape index (κ3) is 3.49. The minimum atomic E-state index is 0. The molecular weight excluding hydrogens is 115 g/mol. The molecular formula is C9H15Li. The van der Waals surface area contributed by atoms with E-state index in [4.69, 9.17) is 0 Å². The maximum Gasteiger partial charge on any atom is 1.00 e. The van der Waals surface area contributed by atoms with Gasteiger partial charge in [0.2, 0.25) is 0 Å². The van der Waals surface area contributed by atoms with Gasteiger partial charge in [-0.1, -0.05) is 12.8 Å². The molecule has 0 radical (unpaired) electrons. The van der Waals surface area contributed by atoms with Gasteiger partial charge in [-0.3, -0.25) is 0 Å². The van der Waals surface area contributed by atoms with Crippen LogP contribution >= 0.6 is 0 Å². The monoisotopic (exact) mass is 130 g/mol. The summed E-state index contributed by atoms with van der Waals surface area (Å²) in [5.41, 5.74) is 1.44. The van der Waals surface area contributed by atoms with Gasteiger partial charge in [0.25, 0.3) is 0 Å². The van der Waals surface area contributed by atoms with Crippen molar-refractivity contribution in [2.75, 3.05) is 0 Å². The molecule has 1 aliphatic carbocycles. The predicted octanol–water partition coefficient (Wildman–Crippen LogP) is 0.105. The fraction of sp³-hybridized carbons (Fsp3) is 0.667. The second kappa shape index (κ2) is 5.05. The van der Waals surface area contributed by atoms with Gasteiger partial charge < -0.3 is 5.92 Å². The Balaban J connectivity index is 0.000000810. The molecule has 0 nitrogen and oxygen atoms in total. The molecule has 1 rings (SSSR count). The smallest absolute Gasteiger partial charge is 0.313 e. The SMILES string of the molecule is C=C1CCCC[C-](C)C1.[Li+]. The van der Waals surface area contributed by atoms with Gasteiger partial charge in [-0.25, -0.2) is 0 Å². The van der Waals surface area contributed by atoms with Gasteiger partial charge in [0.1, 0.15) is 0 Å². The normalized spacial score (nSPS) is 21.5. The standard InChI is InChI=1S/C9H15.Li/c1-8-5-3-4-6-9(2)7-8;/h1,3-7H2,2H3;/q-1;+1. The summed E-state index contributed by atoms with van der Waals surface area (Å²) in [6.07, 6.45) is 6.53. The summed E-state index contributed by atoms with van der Waals surface area (Å²) in [6.45, 7) is 6.25. The zero-order valence-corrected chi connectivity index (χ0v) is 7.24. The van der Waals surface area contributed by atoms with Crippen molar-refractivity contribution < 1.29 is 18.9 Å². The molecule has 0 unspecified atom stereocenters. The summed E-state index contributed by atoms with van der Waals surface area (Å²) >= 11 is 0. The van der Waals surface area contributed by atoms with Crippen LogP contribution in [0.4, 0.5) is 0 Å². The molecule has 0 spiro atoms. The molecule has 1 fully saturated rings. The Bertz CT molecular complexity index is 107. The zero-order valence-electron chi connectivity index (χ0n) is 7.24. The fourth-order valence-electron chi connectivity index (χ4n) is 1.41. The minimum Gasteiger partial charge on any atom is -0.313 e. The molecule has 1 aliphatic rings. The van der Waals surface area contributed by atoms with Crippen molar-refractivity contribution in [2.24, 2.45) is 0 Å². The number of hydrogen-bond acceptors (Lipinski definition) is 0.